The van der Waals surface area contributed by atoms with Gasteiger partial charge in [-0.2, -0.15) is 0 Å². The molecule has 1 heterocycles. The first-order chi connectivity index (χ1) is 13.6. The molecular weight excluding hydrogens is 372 g/mol. The molecule has 0 amide bonds. The van der Waals surface area contributed by atoms with Crippen LogP contribution < -0.4 is 4.74 Å². The van der Waals surface area contributed by atoms with Gasteiger partial charge in [-0.3, -0.25) is 0 Å². The summed E-state index contributed by atoms with van der Waals surface area (Å²) in [7, 11) is -3.73. The second kappa shape index (κ2) is 9.55. The van der Waals surface area contributed by atoms with Crippen LogP contribution in [0.5, 0.6) is 5.75 Å². The fourth-order valence-corrected chi connectivity index (χ4v) is 4.36. The molecule has 3 rings (SSSR count). The van der Waals surface area contributed by atoms with Crippen molar-refractivity contribution in [2.45, 2.75) is 43.9 Å². The molecule has 0 radical (unpaired) electrons. The Morgan fingerprint density at radius 2 is 1.64 bits per heavy atom. The highest BCUT2D eigenvalue weighted by atomic mass is 32.2. The normalized spacial score (nSPS) is 11.5. The molecule has 5 nitrogen and oxygen atoms in total. The van der Waals surface area contributed by atoms with E-state index in [1.165, 1.54) is 35.6 Å². The van der Waals surface area contributed by atoms with E-state index in [2.05, 4.69) is 11.9 Å². The number of aromatic nitrogens is 2. The van der Waals surface area contributed by atoms with Crippen molar-refractivity contribution >= 4 is 10.0 Å². The Bertz CT molecular complexity index is 982. The SMILES string of the molecule is CCCCCCCOc1ccccc1-c1nccn1S(=O)(=O)c1ccccc1. The highest BCUT2D eigenvalue weighted by Gasteiger charge is 2.22. The van der Waals surface area contributed by atoms with Gasteiger partial charge >= 0.3 is 0 Å². The van der Waals surface area contributed by atoms with Gasteiger partial charge in [0, 0.05) is 12.4 Å². The zero-order valence-electron chi connectivity index (χ0n) is 16.1. The smallest absolute Gasteiger partial charge is 0.269 e. The molecule has 28 heavy (non-hydrogen) atoms. The number of benzene rings is 2. The standard InChI is InChI=1S/C22H26N2O3S/c1-2-3-4-5-11-18-27-21-15-10-9-14-20(21)22-23-16-17-24(22)28(25,26)19-12-7-6-8-13-19/h6-10,12-17H,2-5,11,18H2,1H3. The molecule has 3 aromatic rings. The van der Waals surface area contributed by atoms with E-state index in [0.717, 1.165) is 12.8 Å². The van der Waals surface area contributed by atoms with Gasteiger partial charge in [-0.05, 0) is 30.7 Å². The summed E-state index contributed by atoms with van der Waals surface area (Å²) in [4.78, 5) is 4.54. The molecule has 0 fully saturated rings. The lowest BCUT2D eigenvalue weighted by Crippen LogP contribution is -2.13. The minimum atomic E-state index is -3.73. The molecular formula is C22H26N2O3S. The lowest BCUT2D eigenvalue weighted by molar-refractivity contribution is 0.305. The topological polar surface area (TPSA) is 61.2 Å². The maximum Gasteiger partial charge on any atom is 0.269 e. The Hall–Kier alpha value is -2.60. The number of rotatable bonds is 10. The van der Waals surface area contributed by atoms with Crippen molar-refractivity contribution in [1.82, 2.24) is 8.96 Å². The lowest BCUT2D eigenvalue weighted by atomic mass is 10.1. The molecule has 0 aliphatic rings. The van der Waals surface area contributed by atoms with Crippen LogP contribution in [-0.2, 0) is 10.0 Å². The van der Waals surface area contributed by atoms with Crippen LogP contribution in [0.15, 0.2) is 71.9 Å². The molecule has 0 saturated heterocycles. The number of unbranched alkanes of at least 4 members (excludes halogenated alkanes) is 4. The van der Waals surface area contributed by atoms with Gasteiger partial charge in [0.25, 0.3) is 10.0 Å². The van der Waals surface area contributed by atoms with Crippen molar-refractivity contribution in [3.8, 4) is 17.1 Å². The van der Waals surface area contributed by atoms with Crippen molar-refractivity contribution in [2.24, 2.45) is 0 Å². The van der Waals surface area contributed by atoms with Crippen LogP contribution in [0.25, 0.3) is 11.4 Å². The average Bonchev–Trinajstić information content (AvgIpc) is 3.22. The van der Waals surface area contributed by atoms with Crippen LogP contribution in [0.4, 0.5) is 0 Å². The van der Waals surface area contributed by atoms with Crippen LogP contribution in [0, 0.1) is 0 Å². The molecule has 0 N–H and O–H groups in total. The van der Waals surface area contributed by atoms with E-state index in [4.69, 9.17) is 4.74 Å². The van der Waals surface area contributed by atoms with Gasteiger partial charge in [0.15, 0.2) is 5.82 Å². The number of ether oxygens (including phenoxy) is 1. The lowest BCUT2D eigenvalue weighted by Gasteiger charge is -2.13. The molecule has 148 valence electrons. The molecule has 0 spiro atoms. The summed E-state index contributed by atoms with van der Waals surface area (Å²) in [6, 6.07) is 15.8. The highest BCUT2D eigenvalue weighted by molar-refractivity contribution is 7.90. The maximum absolute atomic E-state index is 13.0. The van der Waals surface area contributed by atoms with Crippen molar-refractivity contribution in [1.29, 1.82) is 0 Å². The predicted octanol–water partition coefficient (Wildman–Crippen LogP) is 5.14. The Kier molecular flexibility index (Phi) is 6.87. The van der Waals surface area contributed by atoms with E-state index in [0.29, 0.717) is 23.7 Å². The number of imidazole rings is 1. The minimum Gasteiger partial charge on any atom is -0.493 e. The second-order valence-corrected chi connectivity index (χ2v) is 8.44. The number of hydrogen-bond acceptors (Lipinski definition) is 4. The molecule has 0 atom stereocenters. The van der Waals surface area contributed by atoms with Gasteiger partial charge < -0.3 is 4.74 Å². The Morgan fingerprint density at radius 3 is 2.43 bits per heavy atom. The number of para-hydroxylation sites is 1. The Labute approximate surface area is 167 Å². The first-order valence-electron chi connectivity index (χ1n) is 9.70. The second-order valence-electron chi connectivity index (χ2n) is 6.62. The summed E-state index contributed by atoms with van der Waals surface area (Å²) in [5.41, 5.74) is 0.667. The summed E-state index contributed by atoms with van der Waals surface area (Å²) in [5.74, 6) is 0.999. The molecule has 0 aliphatic carbocycles. The van der Waals surface area contributed by atoms with Gasteiger partial charge in [0.2, 0.25) is 0 Å². The summed E-state index contributed by atoms with van der Waals surface area (Å²) < 4.78 is 33.3. The molecule has 0 saturated carbocycles. The van der Waals surface area contributed by atoms with Gasteiger partial charge in [-0.25, -0.2) is 17.4 Å². The molecule has 1 aromatic heterocycles. The van der Waals surface area contributed by atoms with Gasteiger partial charge in [-0.1, -0.05) is 62.9 Å². The van der Waals surface area contributed by atoms with Gasteiger partial charge in [0.1, 0.15) is 5.75 Å². The van der Waals surface area contributed by atoms with E-state index in [-0.39, 0.29) is 4.90 Å². The van der Waals surface area contributed by atoms with Gasteiger partial charge in [-0.15, -0.1) is 0 Å². The molecule has 0 bridgehead atoms. The fourth-order valence-electron chi connectivity index (χ4n) is 3.05. The summed E-state index contributed by atoms with van der Waals surface area (Å²) in [6.45, 7) is 2.80. The molecule has 0 unspecified atom stereocenters. The zero-order valence-corrected chi connectivity index (χ0v) is 16.9. The fraction of sp³-hybridized carbons (Fsp3) is 0.318. The number of nitrogens with zero attached hydrogens (tertiary/aromatic N) is 2. The van der Waals surface area contributed by atoms with Crippen LogP contribution in [0.2, 0.25) is 0 Å². The van der Waals surface area contributed by atoms with E-state index >= 15 is 0 Å². The third-order valence-electron chi connectivity index (χ3n) is 4.54. The van der Waals surface area contributed by atoms with Crippen LogP contribution in [0.1, 0.15) is 39.0 Å². The van der Waals surface area contributed by atoms with E-state index in [9.17, 15) is 8.42 Å². The highest BCUT2D eigenvalue weighted by Crippen LogP contribution is 2.30. The quantitative estimate of drug-likeness (QED) is 0.444. The number of hydrogen-bond donors (Lipinski definition) is 0. The monoisotopic (exact) mass is 398 g/mol. The van der Waals surface area contributed by atoms with Crippen molar-refractivity contribution in [2.75, 3.05) is 6.61 Å². The van der Waals surface area contributed by atoms with Crippen molar-refractivity contribution < 1.29 is 13.2 Å². The first kappa shape index (κ1) is 20.1. The maximum atomic E-state index is 13.0. The van der Waals surface area contributed by atoms with Crippen LogP contribution in [-0.4, -0.2) is 24.0 Å². The zero-order chi connectivity index (χ0) is 19.8. The minimum absolute atomic E-state index is 0.226. The third-order valence-corrected chi connectivity index (χ3v) is 6.22. The summed E-state index contributed by atoms with van der Waals surface area (Å²) in [5, 5.41) is 0. The largest absolute Gasteiger partial charge is 0.493 e. The Morgan fingerprint density at radius 1 is 0.929 bits per heavy atom. The predicted molar refractivity (Wildman–Crippen MR) is 111 cm³/mol. The summed E-state index contributed by atoms with van der Waals surface area (Å²) in [6.07, 6.45) is 8.74. The molecule has 6 heteroatoms. The molecule has 0 aliphatic heterocycles. The van der Waals surface area contributed by atoms with Crippen LogP contribution in [0.3, 0.4) is 0 Å². The first-order valence-corrected chi connectivity index (χ1v) is 11.1. The van der Waals surface area contributed by atoms with Crippen LogP contribution >= 0.6 is 0 Å². The summed E-state index contributed by atoms with van der Waals surface area (Å²) >= 11 is 0. The van der Waals surface area contributed by atoms with E-state index in [1.54, 1.807) is 30.3 Å². The van der Waals surface area contributed by atoms with Crippen molar-refractivity contribution in [3.05, 3.63) is 67.0 Å². The average molecular weight is 399 g/mol. The van der Waals surface area contributed by atoms with Gasteiger partial charge in [0.05, 0.1) is 17.1 Å². The third kappa shape index (κ3) is 4.62. The van der Waals surface area contributed by atoms with Crippen molar-refractivity contribution in [3.63, 3.8) is 0 Å². The Balaban J connectivity index is 1.83. The molecule has 2 aromatic carbocycles. The van der Waals surface area contributed by atoms with E-state index in [1.807, 2.05) is 24.3 Å². The van der Waals surface area contributed by atoms with E-state index < -0.39 is 10.0 Å².